The zero-order chi connectivity index (χ0) is 14.0. The summed E-state index contributed by atoms with van der Waals surface area (Å²) >= 11 is 0. The molecule has 2 atom stereocenters. The molecule has 1 aliphatic rings. The van der Waals surface area contributed by atoms with E-state index in [4.69, 9.17) is 10.5 Å². The lowest BCUT2D eigenvalue weighted by atomic mass is 10.0. The molecule has 0 amide bonds. The molecule has 2 rings (SSSR count). The molecule has 0 bridgehead atoms. The Bertz CT molecular complexity index is 557. The topological polar surface area (TPSA) is 81.4 Å². The van der Waals surface area contributed by atoms with E-state index < -0.39 is 10.0 Å². The van der Waals surface area contributed by atoms with E-state index >= 15 is 0 Å². The standard InChI is InChI=1S/C13H20N2O3S/c1-9-7-12(3-4-13(9)14)19(16,17)15-8-11-5-6-18-10(11)2/h3-4,7,10-11,15H,5-6,8,14H2,1-2H3. The maximum absolute atomic E-state index is 12.2. The molecular formula is C13H20N2O3S. The number of benzene rings is 1. The first-order valence-corrected chi connectivity index (χ1v) is 7.86. The molecule has 1 saturated heterocycles. The summed E-state index contributed by atoms with van der Waals surface area (Å²) in [4.78, 5) is 0.255. The minimum absolute atomic E-state index is 0.107. The third kappa shape index (κ3) is 3.26. The van der Waals surface area contributed by atoms with E-state index in [1.807, 2.05) is 6.92 Å². The van der Waals surface area contributed by atoms with Gasteiger partial charge in [0, 0.05) is 24.8 Å². The normalized spacial score (nSPS) is 23.7. The van der Waals surface area contributed by atoms with Gasteiger partial charge in [-0.3, -0.25) is 0 Å². The minimum atomic E-state index is -3.47. The van der Waals surface area contributed by atoms with Crippen molar-refractivity contribution in [3.63, 3.8) is 0 Å². The molecule has 0 aliphatic carbocycles. The predicted octanol–water partition coefficient (Wildman–Crippen LogP) is 1.28. The Labute approximate surface area is 114 Å². The lowest BCUT2D eigenvalue weighted by molar-refractivity contribution is 0.107. The van der Waals surface area contributed by atoms with Gasteiger partial charge in [-0.05, 0) is 44.0 Å². The summed E-state index contributed by atoms with van der Waals surface area (Å²) in [5.74, 6) is 0.240. The molecular weight excluding hydrogens is 264 g/mol. The molecule has 0 saturated carbocycles. The Morgan fingerprint density at radius 1 is 1.47 bits per heavy atom. The van der Waals surface area contributed by atoms with Crippen molar-refractivity contribution in [1.82, 2.24) is 4.72 Å². The second-order valence-electron chi connectivity index (χ2n) is 4.99. The zero-order valence-electron chi connectivity index (χ0n) is 11.2. The molecule has 3 N–H and O–H groups in total. The molecule has 1 aromatic rings. The average Bonchev–Trinajstić information content (AvgIpc) is 2.76. The summed E-state index contributed by atoms with van der Waals surface area (Å²) in [6.07, 6.45) is 1.00. The summed E-state index contributed by atoms with van der Waals surface area (Å²) in [7, 11) is -3.47. The van der Waals surface area contributed by atoms with E-state index in [1.165, 1.54) is 6.07 Å². The van der Waals surface area contributed by atoms with Crippen LogP contribution in [-0.2, 0) is 14.8 Å². The molecule has 0 radical (unpaired) electrons. The Hall–Kier alpha value is -1.11. The van der Waals surface area contributed by atoms with Crippen LogP contribution in [0.3, 0.4) is 0 Å². The van der Waals surface area contributed by atoms with Gasteiger partial charge in [0.1, 0.15) is 0 Å². The van der Waals surface area contributed by atoms with Gasteiger partial charge in [-0.2, -0.15) is 0 Å². The SMILES string of the molecule is Cc1cc(S(=O)(=O)NCC2CCOC2C)ccc1N. The Morgan fingerprint density at radius 2 is 2.21 bits per heavy atom. The zero-order valence-corrected chi connectivity index (χ0v) is 12.0. The molecule has 1 fully saturated rings. The highest BCUT2D eigenvalue weighted by Gasteiger charge is 2.26. The number of hydrogen-bond donors (Lipinski definition) is 2. The number of hydrogen-bond acceptors (Lipinski definition) is 4. The van der Waals surface area contributed by atoms with E-state index in [1.54, 1.807) is 19.1 Å². The Kier molecular flexibility index (Phi) is 4.13. The van der Waals surface area contributed by atoms with Crippen LogP contribution in [0.1, 0.15) is 18.9 Å². The quantitative estimate of drug-likeness (QED) is 0.816. The maximum Gasteiger partial charge on any atom is 0.240 e. The molecule has 1 aromatic carbocycles. The lowest BCUT2D eigenvalue weighted by Crippen LogP contribution is -2.32. The fourth-order valence-electron chi connectivity index (χ4n) is 2.16. The van der Waals surface area contributed by atoms with Crippen LogP contribution in [0.25, 0.3) is 0 Å². The van der Waals surface area contributed by atoms with Gasteiger partial charge in [-0.15, -0.1) is 0 Å². The van der Waals surface area contributed by atoms with Crippen molar-refractivity contribution in [2.24, 2.45) is 5.92 Å². The van der Waals surface area contributed by atoms with E-state index in [-0.39, 0.29) is 16.9 Å². The van der Waals surface area contributed by atoms with Gasteiger partial charge in [0.2, 0.25) is 10.0 Å². The number of nitrogen functional groups attached to an aromatic ring is 1. The smallest absolute Gasteiger partial charge is 0.240 e. The van der Waals surface area contributed by atoms with Crippen LogP contribution < -0.4 is 10.5 Å². The van der Waals surface area contributed by atoms with Crippen LogP contribution in [0.4, 0.5) is 5.69 Å². The molecule has 1 heterocycles. The van der Waals surface area contributed by atoms with Crippen molar-refractivity contribution >= 4 is 15.7 Å². The van der Waals surface area contributed by atoms with E-state index in [0.717, 1.165) is 12.0 Å². The van der Waals surface area contributed by atoms with Crippen LogP contribution in [0.2, 0.25) is 0 Å². The number of nitrogens with one attached hydrogen (secondary N) is 1. The monoisotopic (exact) mass is 284 g/mol. The van der Waals surface area contributed by atoms with Crippen molar-refractivity contribution in [3.8, 4) is 0 Å². The van der Waals surface area contributed by atoms with Gasteiger partial charge in [0.25, 0.3) is 0 Å². The maximum atomic E-state index is 12.2. The number of nitrogens with two attached hydrogens (primary N) is 1. The number of ether oxygens (including phenoxy) is 1. The highest BCUT2D eigenvalue weighted by Crippen LogP contribution is 2.21. The number of rotatable bonds is 4. The highest BCUT2D eigenvalue weighted by atomic mass is 32.2. The summed E-state index contributed by atoms with van der Waals surface area (Å²) in [6, 6.07) is 4.73. The van der Waals surface area contributed by atoms with Crippen LogP contribution in [0.15, 0.2) is 23.1 Å². The van der Waals surface area contributed by atoms with E-state index in [2.05, 4.69) is 4.72 Å². The molecule has 6 heteroatoms. The van der Waals surface area contributed by atoms with Crippen LogP contribution in [-0.4, -0.2) is 27.7 Å². The summed E-state index contributed by atoms with van der Waals surface area (Å²) in [5, 5.41) is 0. The molecule has 1 aliphatic heterocycles. The Balaban J connectivity index is 2.07. The van der Waals surface area contributed by atoms with Gasteiger partial charge in [-0.25, -0.2) is 13.1 Å². The Morgan fingerprint density at radius 3 is 2.79 bits per heavy atom. The minimum Gasteiger partial charge on any atom is -0.399 e. The van der Waals surface area contributed by atoms with Gasteiger partial charge in [0.15, 0.2) is 0 Å². The molecule has 0 spiro atoms. The van der Waals surface area contributed by atoms with Crippen molar-refractivity contribution < 1.29 is 13.2 Å². The van der Waals surface area contributed by atoms with Gasteiger partial charge < -0.3 is 10.5 Å². The number of aryl methyl sites for hydroxylation is 1. The van der Waals surface area contributed by atoms with Gasteiger partial charge in [0.05, 0.1) is 11.0 Å². The molecule has 2 unspecified atom stereocenters. The second kappa shape index (κ2) is 5.48. The summed E-state index contributed by atoms with van der Waals surface area (Å²) in [5.41, 5.74) is 7.05. The van der Waals surface area contributed by atoms with E-state index in [0.29, 0.717) is 18.8 Å². The second-order valence-corrected chi connectivity index (χ2v) is 6.76. The number of anilines is 1. The largest absolute Gasteiger partial charge is 0.399 e. The van der Waals surface area contributed by atoms with Crippen molar-refractivity contribution in [2.45, 2.75) is 31.3 Å². The average molecular weight is 284 g/mol. The fraction of sp³-hybridized carbons (Fsp3) is 0.538. The van der Waals surface area contributed by atoms with E-state index in [9.17, 15) is 8.42 Å². The predicted molar refractivity (Wildman–Crippen MR) is 74.3 cm³/mol. The van der Waals surface area contributed by atoms with Crippen LogP contribution in [0, 0.1) is 12.8 Å². The first kappa shape index (κ1) is 14.3. The number of sulfonamides is 1. The highest BCUT2D eigenvalue weighted by molar-refractivity contribution is 7.89. The van der Waals surface area contributed by atoms with Crippen molar-refractivity contribution in [3.05, 3.63) is 23.8 Å². The molecule has 106 valence electrons. The van der Waals surface area contributed by atoms with Gasteiger partial charge >= 0.3 is 0 Å². The first-order valence-electron chi connectivity index (χ1n) is 6.37. The lowest BCUT2D eigenvalue weighted by Gasteiger charge is -2.15. The molecule has 0 aromatic heterocycles. The van der Waals surface area contributed by atoms with Crippen LogP contribution >= 0.6 is 0 Å². The summed E-state index contributed by atoms with van der Waals surface area (Å²) in [6.45, 7) is 4.88. The van der Waals surface area contributed by atoms with Crippen molar-refractivity contribution in [2.75, 3.05) is 18.9 Å². The third-order valence-electron chi connectivity index (χ3n) is 3.62. The first-order chi connectivity index (χ1) is 8.90. The van der Waals surface area contributed by atoms with Crippen molar-refractivity contribution in [1.29, 1.82) is 0 Å². The fourth-order valence-corrected chi connectivity index (χ4v) is 3.34. The van der Waals surface area contributed by atoms with Crippen LogP contribution in [0.5, 0.6) is 0 Å². The van der Waals surface area contributed by atoms with Gasteiger partial charge in [-0.1, -0.05) is 0 Å². The molecule has 5 nitrogen and oxygen atoms in total. The summed E-state index contributed by atoms with van der Waals surface area (Å²) < 4.78 is 32.4. The third-order valence-corrected chi connectivity index (χ3v) is 5.04. The molecule has 19 heavy (non-hydrogen) atoms.